The summed E-state index contributed by atoms with van der Waals surface area (Å²) in [6.07, 6.45) is 2.58. The van der Waals surface area contributed by atoms with Gasteiger partial charge in [0, 0.05) is 33.2 Å². The number of benzene rings is 3. The number of hydrogen-bond donors (Lipinski definition) is 1. The molecule has 6 unspecified atom stereocenters. The van der Waals surface area contributed by atoms with E-state index in [4.69, 9.17) is 16.7 Å². The van der Waals surface area contributed by atoms with Gasteiger partial charge in [0.1, 0.15) is 17.3 Å². The molecule has 262 valence electrons. The summed E-state index contributed by atoms with van der Waals surface area (Å²) in [5.41, 5.74) is 2.44. The van der Waals surface area contributed by atoms with Gasteiger partial charge in [-0.25, -0.2) is 4.90 Å². The second-order valence-corrected chi connectivity index (χ2v) is 16.9. The molecule has 2 aliphatic carbocycles. The topological polar surface area (TPSA) is 113 Å². The van der Waals surface area contributed by atoms with Crippen LogP contribution in [-0.4, -0.2) is 38.5 Å². The molecule has 0 spiro atoms. The lowest BCUT2D eigenvalue weighted by molar-refractivity contribution is -0.131. The van der Waals surface area contributed by atoms with Gasteiger partial charge < -0.3 is 5.11 Å². The van der Waals surface area contributed by atoms with Crippen LogP contribution < -0.4 is 9.80 Å². The number of rotatable bonds is 4. The monoisotopic (exact) mass is 794 g/mol. The van der Waals surface area contributed by atoms with Crippen molar-refractivity contribution in [2.24, 2.45) is 36.1 Å². The van der Waals surface area contributed by atoms with Gasteiger partial charge in [-0.2, -0.15) is 5.10 Å². The van der Waals surface area contributed by atoms with E-state index in [0.717, 1.165) is 30.6 Å². The number of amides is 4. The van der Waals surface area contributed by atoms with Crippen LogP contribution in [-0.2, 0) is 26.2 Å². The molecule has 9 rings (SSSR count). The van der Waals surface area contributed by atoms with E-state index < -0.39 is 35.0 Å². The number of phenolic OH excluding ortho intramolecular Hbond substituents is 1. The van der Waals surface area contributed by atoms with Crippen LogP contribution in [0.1, 0.15) is 36.8 Å². The number of thiophene rings is 1. The van der Waals surface area contributed by atoms with E-state index in [1.54, 1.807) is 71.6 Å². The second kappa shape index (κ2) is 11.7. The SMILES string of the molecule is Cc1c(-c2cc(N3C(=O)C4CC5C(=CCC6C(=O)N(c7ccc(Br)cc7)C(=O)C65)C(c5cccc(O)c5)C4(C)C3=O)n(C)n2)sc2ccc(Cl)cc12. The lowest BCUT2D eigenvalue weighted by atomic mass is 9.51. The van der Waals surface area contributed by atoms with Crippen molar-refractivity contribution in [1.29, 1.82) is 0 Å². The molecule has 12 heteroatoms. The summed E-state index contributed by atoms with van der Waals surface area (Å²) in [6.45, 7) is 3.85. The summed E-state index contributed by atoms with van der Waals surface area (Å²) in [6, 6.07) is 21.4. The van der Waals surface area contributed by atoms with Crippen molar-refractivity contribution < 1.29 is 24.3 Å². The Morgan fingerprint density at radius 1 is 0.942 bits per heavy atom. The number of hydrogen-bond acceptors (Lipinski definition) is 7. The van der Waals surface area contributed by atoms with Gasteiger partial charge in [0.05, 0.1) is 33.7 Å². The third kappa shape index (κ3) is 4.61. The smallest absolute Gasteiger partial charge is 0.242 e. The summed E-state index contributed by atoms with van der Waals surface area (Å²) >= 11 is 11.3. The molecule has 2 aromatic heterocycles. The molecule has 3 fully saturated rings. The van der Waals surface area contributed by atoms with Crippen molar-refractivity contribution in [3.8, 4) is 16.3 Å². The summed E-state index contributed by atoms with van der Waals surface area (Å²) in [7, 11) is 1.72. The molecule has 4 aliphatic rings. The van der Waals surface area contributed by atoms with E-state index in [1.165, 1.54) is 9.80 Å². The number of carbonyl (C=O) groups excluding carboxylic acids is 4. The first kappa shape index (κ1) is 33.3. The molecular formula is C40H32BrClN4O5S. The number of imide groups is 2. The minimum absolute atomic E-state index is 0.0347. The molecule has 4 heterocycles. The van der Waals surface area contributed by atoms with Gasteiger partial charge in [0.2, 0.25) is 23.6 Å². The number of aryl methyl sites for hydroxylation is 2. The van der Waals surface area contributed by atoms with Gasteiger partial charge in [-0.05, 0) is 104 Å². The number of aromatic nitrogens is 2. The molecule has 52 heavy (non-hydrogen) atoms. The zero-order chi connectivity index (χ0) is 36.4. The Kier molecular flexibility index (Phi) is 7.49. The molecule has 2 saturated heterocycles. The number of aromatic hydroxyl groups is 1. The number of carbonyl (C=O) groups is 4. The Bertz CT molecular complexity index is 2440. The average molecular weight is 796 g/mol. The van der Waals surface area contributed by atoms with Crippen LogP contribution in [0.2, 0.25) is 5.02 Å². The molecule has 0 bridgehead atoms. The van der Waals surface area contributed by atoms with Gasteiger partial charge in [-0.1, -0.05) is 51.3 Å². The Morgan fingerprint density at radius 2 is 1.71 bits per heavy atom. The molecule has 6 atom stereocenters. The van der Waals surface area contributed by atoms with Crippen molar-refractivity contribution in [3.05, 3.63) is 105 Å². The lowest BCUT2D eigenvalue weighted by Crippen LogP contribution is -2.48. The van der Waals surface area contributed by atoms with Crippen molar-refractivity contribution in [2.45, 2.75) is 32.6 Å². The van der Waals surface area contributed by atoms with Gasteiger partial charge in [-0.15, -0.1) is 11.3 Å². The van der Waals surface area contributed by atoms with E-state index in [9.17, 15) is 24.3 Å². The Hall–Kier alpha value is -4.58. The van der Waals surface area contributed by atoms with E-state index in [1.807, 2.05) is 44.2 Å². The highest BCUT2D eigenvalue weighted by atomic mass is 79.9. The van der Waals surface area contributed by atoms with Gasteiger partial charge in [-0.3, -0.25) is 28.8 Å². The maximum absolute atomic E-state index is 15.0. The number of halogens is 2. The van der Waals surface area contributed by atoms with Crippen LogP contribution in [0.4, 0.5) is 11.5 Å². The van der Waals surface area contributed by atoms with Crippen LogP contribution in [0, 0.1) is 36.0 Å². The van der Waals surface area contributed by atoms with E-state index in [0.29, 0.717) is 34.2 Å². The first-order valence-corrected chi connectivity index (χ1v) is 19.1. The molecule has 3 aromatic carbocycles. The van der Waals surface area contributed by atoms with E-state index >= 15 is 0 Å². The molecule has 2 aliphatic heterocycles. The fourth-order valence-corrected chi connectivity index (χ4v) is 11.0. The normalized spacial score (nSPS) is 26.9. The molecular weight excluding hydrogens is 764 g/mol. The number of anilines is 2. The third-order valence-corrected chi connectivity index (χ3v) is 13.8. The Morgan fingerprint density at radius 3 is 2.46 bits per heavy atom. The Balaban J connectivity index is 1.14. The fraction of sp³-hybridized carbons (Fsp3) is 0.275. The van der Waals surface area contributed by atoms with Gasteiger partial charge >= 0.3 is 0 Å². The standard InChI is InChI=1S/C40H32BrClN4O5S/c1-19-27-16-22(42)9-14-31(27)52-35(19)30-18-32(44(3)43-30)46-37(49)29-17-28-25(34(40(29,2)39(46)51)20-5-4-6-24(47)15-20)12-13-26-33(28)38(50)45(36(26)48)23-10-7-21(41)8-11-23/h4-12,14-16,18,26,28-29,33-34,47H,13,17H2,1-3H3. The zero-order valence-corrected chi connectivity index (χ0v) is 31.5. The number of nitrogens with zero attached hydrogens (tertiary/aromatic N) is 4. The molecule has 1 saturated carbocycles. The molecule has 4 amide bonds. The van der Waals surface area contributed by atoms with Crippen molar-refractivity contribution in [3.63, 3.8) is 0 Å². The summed E-state index contributed by atoms with van der Waals surface area (Å²) < 4.78 is 3.46. The van der Waals surface area contributed by atoms with Gasteiger partial charge in [0.15, 0.2) is 0 Å². The highest BCUT2D eigenvalue weighted by molar-refractivity contribution is 9.10. The summed E-state index contributed by atoms with van der Waals surface area (Å²) in [4.78, 5) is 61.5. The van der Waals surface area contributed by atoms with Crippen molar-refractivity contribution >= 4 is 84.1 Å². The fourth-order valence-electron chi connectivity index (χ4n) is 9.38. The summed E-state index contributed by atoms with van der Waals surface area (Å²) in [5, 5.41) is 17.1. The highest BCUT2D eigenvalue weighted by Crippen LogP contribution is 2.64. The molecule has 9 nitrogen and oxygen atoms in total. The predicted molar refractivity (Wildman–Crippen MR) is 203 cm³/mol. The second-order valence-electron chi connectivity index (χ2n) is 14.5. The number of fused-ring (bicyclic) bond motifs is 5. The Labute approximate surface area is 316 Å². The lowest BCUT2D eigenvalue weighted by Gasteiger charge is -2.49. The largest absolute Gasteiger partial charge is 0.508 e. The van der Waals surface area contributed by atoms with Crippen molar-refractivity contribution in [2.75, 3.05) is 9.80 Å². The molecule has 0 radical (unpaired) electrons. The predicted octanol–water partition coefficient (Wildman–Crippen LogP) is 8.17. The van der Waals surface area contributed by atoms with E-state index in [2.05, 4.69) is 15.9 Å². The van der Waals surface area contributed by atoms with Crippen LogP contribution in [0.3, 0.4) is 0 Å². The molecule has 1 N–H and O–H groups in total. The maximum atomic E-state index is 15.0. The minimum atomic E-state index is -1.24. The minimum Gasteiger partial charge on any atom is -0.508 e. The van der Waals surface area contributed by atoms with Gasteiger partial charge in [0.25, 0.3) is 0 Å². The summed E-state index contributed by atoms with van der Waals surface area (Å²) in [5.74, 6) is -4.06. The van der Waals surface area contributed by atoms with Crippen molar-refractivity contribution in [1.82, 2.24) is 9.78 Å². The van der Waals surface area contributed by atoms with Crippen LogP contribution in [0.15, 0.2) is 88.9 Å². The zero-order valence-electron chi connectivity index (χ0n) is 28.3. The van der Waals surface area contributed by atoms with Crippen LogP contribution in [0.25, 0.3) is 20.7 Å². The first-order chi connectivity index (χ1) is 24.9. The number of allylic oxidation sites excluding steroid dienone is 2. The average Bonchev–Trinajstić information content (AvgIpc) is 3.79. The van der Waals surface area contributed by atoms with Crippen LogP contribution in [0.5, 0.6) is 5.75 Å². The van der Waals surface area contributed by atoms with E-state index in [-0.39, 0.29) is 35.8 Å². The quantitative estimate of drug-likeness (QED) is 0.145. The first-order valence-electron chi connectivity index (χ1n) is 17.1. The molecule has 5 aromatic rings. The van der Waals surface area contributed by atoms with Crippen LogP contribution >= 0.6 is 38.9 Å². The highest BCUT2D eigenvalue weighted by Gasteiger charge is 2.68. The maximum Gasteiger partial charge on any atom is 0.242 e. The third-order valence-electron chi connectivity index (χ3n) is 11.8. The number of phenols is 1.